The molecule has 1 aliphatic rings. The predicted octanol–water partition coefficient (Wildman–Crippen LogP) is 2.56. The van der Waals surface area contributed by atoms with Crippen LogP contribution in [-0.2, 0) is 0 Å². The largest absolute Gasteiger partial charge is 0.314 e. The zero-order chi connectivity index (χ0) is 9.10. The summed E-state index contributed by atoms with van der Waals surface area (Å²) < 4.78 is 0. The molecule has 0 radical (unpaired) electrons. The van der Waals surface area contributed by atoms with Crippen LogP contribution < -0.4 is 5.32 Å². The van der Waals surface area contributed by atoms with Gasteiger partial charge in [0.2, 0.25) is 0 Å². The van der Waals surface area contributed by atoms with E-state index in [0.29, 0.717) is 6.04 Å². The van der Waals surface area contributed by atoms with E-state index in [-0.39, 0.29) is 24.8 Å². The van der Waals surface area contributed by atoms with Gasteiger partial charge in [0.1, 0.15) is 0 Å². The van der Waals surface area contributed by atoms with Crippen molar-refractivity contribution in [2.75, 3.05) is 26.2 Å². The maximum absolute atomic E-state index is 3.38. The number of nitrogens with zero attached hydrogens (tertiary/aromatic N) is 1. The van der Waals surface area contributed by atoms with Crippen LogP contribution in [0.1, 0.15) is 17.8 Å². The van der Waals surface area contributed by atoms with Crippen molar-refractivity contribution in [2.24, 2.45) is 0 Å². The monoisotopic (exact) mass is 268 g/mol. The van der Waals surface area contributed by atoms with E-state index in [1.54, 1.807) is 0 Å². The average Bonchev–Trinajstić information content (AvgIpc) is 2.71. The summed E-state index contributed by atoms with van der Waals surface area (Å²) in [6.07, 6.45) is 0. The summed E-state index contributed by atoms with van der Waals surface area (Å²) in [4.78, 5) is 4.03. The van der Waals surface area contributed by atoms with Gasteiger partial charge in [-0.05, 0) is 18.4 Å². The summed E-state index contributed by atoms with van der Waals surface area (Å²) in [6.45, 7) is 6.93. The number of piperazine rings is 1. The molecule has 15 heavy (non-hydrogen) atoms. The first-order valence-corrected chi connectivity index (χ1v) is 5.74. The van der Waals surface area contributed by atoms with Gasteiger partial charge in [-0.25, -0.2) is 0 Å². The second-order valence-electron chi connectivity index (χ2n) is 3.48. The minimum Gasteiger partial charge on any atom is -0.314 e. The predicted molar refractivity (Wildman–Crippen MR) is 71.7 cm³/mol. The maximum Gasteiger partial charge on any atom is 0.0414 e. The van der Waals surface area contributed by atoms with Crippen molar-refractivity contribution in [1.29, 1.82) is 0 Å². The normalized spacial score (nSPS) is 18.7. The molecular weight excluding hydrogens is 251 g/mol. The molecule has 2 nitrogen and oxygen atoms in total. The van der Waals surface area contributed by atoms with Crippen LogP contribution in [0.15, 0.2) is 17.5 Å². The molecule has 1 N–H and O–H groups in total. The molecule has 1 saturated heterocycles. The average molecular weight is 269 g/mol. The Hall–Kier alpha value is 0.200. The van der Waals surface area contributed by atoms with E-state index in [9.17, 15) is 0 Å². The first kappa shape index (κ1) is 15.2. The summed E-state index contributed by atoms with van der Waals surface area (Å²) in [7, 11) is 0. The lowest BCUT2D eigenvalue weighted by molar-refractivity contribution is 0.188. The minimum absolute atomic E-state index is 0. The molecule has 5 heteroatoms. The fraction of sp³-hybridized carbons (Fsp3) is 0.600. The van der Waals surface area contributed by atoms with Crippen LogP contribution in [0.25, 0.3) is 0 Å². The molecule has 1 fully saturated rings. The van der Waals surface area contributed by atoms with E-state index in [0.717, 1.165) is 13.1 Å². The van der Waals surface area contributed by atoms with Crippen molar-refractivity contribution in [3.05, 3.63) is 22.4 Å². The van der Waals surface area contributed by atoms with E-state index >= 15 is 0 Å². The quantitative estimate of drug-likeness (QED) is 0.887. The SMILES string of the molecule is C[C@@H](c1cccs1)N1CCNCC1.Cl.Cl. The van der Waals surface area contributed by atoms with Crippen molar-refractivity contribution in [3.63, 3.8) is 0 Å². The Kier molecular flexibility index (Phi) is 7.57. The van der Waals surface area contributed by atoms with Crippen LogP contribution in [0.2, 0.25) is 0 Å². The van der Waals surface area contributed by atoms with Crippen molar-refractivity contribution < 1.29 is 0 Å². The Morgan fingerprint density at radius 2 is 2.00 bits per heavy atom. The van der Waals surface area contributed by atoms with Crippen molar-refractivity contribution in [1.82, 2.24) is 10.2 Å². The summed E-state index contributed by atoms with van der Waals surface area (Å²) in [5, 5.41) is 5.54. The summed E-state index contributed by atoms with van der Waals surface area (Å²) in [5.74, 6) is 0. The molecule has 88 valence electrons. The summed E-state index contributed by atoms with van der Waals surface area (Å²) >= 11 is 1.86. The Balaban J connectivity index is 0.000000980. The second kappa shape index (κ2) is 7.47. The first-order valence-electron chi connectivity index (χ1n) is 4.86. The van der Waals surface area contributed by atoms with Gasteiger partial charge in [0.05, 0.1) is 0 Å². The van der Waals surface area contributed by atoms with Crippen molar-refractivity contribution >= 4 is 36.2 Å². The van der Waals surface area contributed by atoms with Crippen LogP contribution >= 0.6 is 36.2 Å². The smallest absolute Gasteiger partial charge is 0.0414 e. The summed E-state index contributed by atoms with van der Waals surface area (Å²) in [5.41, 5.74) is 0. The van der Waals surface area contributed by atoms with Gasteiger partial charge in [0, 0.05) is 37.1 Å². The van der Waals surface area contributed by atoms with E-state index in [4.69, 9.17) is 0 Å². The van der Waals surface area contributed by atoms with Gasteiger partial charge in [-0.15, -0.1) is 36.2 Å². The fourth-order valence-electron chi connectivity index (χ4n) is 1.78. The highest BCUT2D eigenvalue weighted by Crippen LogP contribution is 2.24. The van der Waals surface area contributed by atoms with Crippen LogP contribution in [0.4, 0.5) is 0 Å². The van der Waals surface area contributed by atoms with E-state index in [2.05, 4.69) is 34.7 Å². The van der Waals surface area contributed by atoms with Gasteiger partial charge in [0.15, 0.2) is 0 Å². The molecule has 2 heterocycles. The molecule has 1 aliphatic heterocycles. The maximum atomic E-state index is 3.38. The Morgan fingerprint density at radius 1 is 1.33 bits per heavy atom. The molecule has 2 rings (SSSR count). The fourth-order valence-corrected chi connectivity index (χ4v) is 2.60. The molecule has 0 aliphatic carbocycles. The lowest BCUT2D eigenvalue weighted by Crippen LogP contribution is -2.44. The molecule has 0 saturated carbocycles. The van der Waals surface area contributed by atoms with Crippen LogP contribution in [-0.4, -0.2) is 31.1 Å². The highest BCUT2D eigenvalue weighted by Gasteiger charge is 2.17. The zero-order valence-electron chi connectivity index (χ0n) is 8.81. The molecule has 0 spiro atoms. The molecule has 0 amide bonds. The molecule has 1 aromatic heterocycles. The van der Waals surface area contributed by atoms with Crippen molar-refractivity contribution in [3.8, 4) is 0 Å². The lowest BCUT2D eigenvalue weighted by Gasteiger charge is -2.32. The van der Waals surface area contributed by atoms with Gasteiger partial charge in [-0.2, -0.15) is 0 Å². The van der Waals surface area contributed by atoms with Gasteiger partial charge < -0.3 is 5.32 Å². The number of nitrogens with one attached hydrogen (secondary N) is 1. The van der Waals surface area contributed by atoms with Gasteiger partial charge in [0.25, 0.3) is 0 Å². The number of hydrogen-bond donors (Lipinski definition) is 1. The number of rotatable bonds is 2. The minimum atomic E-state index is 0. The highest BCUT2D eigenvalue weighted by molar-refractivity contribution is 7.10. The number of hydrogen-bond acceptors (Lipinski definition) is 3. The molecular formula is C10H18Cl2N2S. The number of halogens is 2. The zero-order valence-corrected chi connectivity index (χ0v) is 11.3. The third kappa shape index (κ3) is 3.93. The molecule has 0 bridgehead atoms. The Bertz CT molecular complexity index is 248. The van der Waals surface area contributed by atoms with E-state index in [1.807, 2.05) is 11.3 Å². The topological polar surface area (TPSA) is 15.3 Å². The van der Waals surface area contributed by atoms with Gasteiger partial charge in [-0.3, -0.25) is 4.90 Å². The molecule has 0 unspecified atom stereocenters. The second-order valence-corrected chi connectivity index (χ2v) is 4.46. The van der Waals surface area contributed by atoms with E-state index in [1.165, 1.54) is 18.0 Å². The molecule has 1 aromatic rings. The first-order chi connectivity index (χ1) is 6.38. The van der Waals surface area contributed by atoms with Crippen molar-refractivity contribution in [2.45, 2.75) is 13.0 Å². The lowest BCUT2D eigenvalue weighted by atomic mass is 10.2. The highest BCUT2D eigenvalue weighted by atomic mass is 35.5. The van der Waals surface area contributed by atoms with Crippen LogP contribution in [0.5, 0.6) is 0 Å². The van der Waals surface area contributed by atoms with Crippen LogP contribution in [0, 0.1) is 0 Å². The third-order valence-electron chi connectivity index (χ3n) is 2.65. The van der Waals surface area contributed by atoms with Crippen LogP contribution in [0.3, 0.4) is 0 Å². The Morgan fingerprint density at radius 3 is 2.53 bits per heavy atom. The standard InChI is InChI=1S/C10H16N2S.2ClH/c1-9(10-3-2-8-13-10)12-6-4-11-5-7-12;;/h2-3,8-9,11H,4-7H2,1H3;2*1H/t9-;;/m0../s1. The Labute approximate surface area is 108 Å². The number of thiophene rings is 1. The molecule has 0 aromatic carbocycles. The van der Waals surface area contributed by atoms with Gasteiger partial charge >= 0.3 is 0 Å². The third-order valence-corrected chi connectivity index (χ3v) is 3.70. The molecule has 1 atom stereocenters. The van der Waals surface area contributed by atoms with E-state index < -0.39 is 0 Å². The van der Waals surface area contributed by atoms with Gasteiger partial charge in [-0.1, -0.05) is 6.07 Å². The summed E-state index contributed by atoms with van der Waals surface area (Å²) in [6, 6.07) is 4.97.